The van der Waals surface area contributed by atoms with Gasteiger partial charge < -0.3 is 20.7 Å². The Labute approximate surface area is 109 Å². The molecule has 0 atom stereocenters. The van der Waals surface area contributed by atoms with Gasteiger partial charge in [-0.05, 0) is 30.5 Å². The Morgan fingerprint density at radius 3 is 2.26 bits per heavy atom. The molecule has 1 aromatic carbocycles. The van der Waals surface area contributed by atoms with Gasteiger partial charge in [0.15, 0.2) is 11.5 Å². The highest BCUT2D eigenvalue weighted by atomic mass is 19.3. The second-order valence-corrected chi connectivity index (χ2v) is 5.06. The molecule has 1 fully saturated rings. The van der Waals surface area contributed by atoms with E-state index in [1.165, 1.54) is 19.2 Å². The summed E-state index contributed by atoms with van der Waals surface area (Å²) in [5.74, 6) is -3.34. The first-order valence-corrected chi connectivity index (χ1v) is 6.05. The number of ether oxygens (including phenoxy) is 1. The highest BCUT2D eigenvalue weighted by molar-refractivity contribution is 5.53. The fraction of sp³-hybridized carbons (Fsp3) is 0.538. The zero-order valence-electron chi connectivity index (χ0n) is 10.6. The minimum atomic E-state index is -2.67. The third-order valence-electron chi connectivity index (χ3n) is 3.72. The first kappa shape index (κ1) is 13.9. The molecular weight excluding hydrogens is 256 g/mol. The summed E-state index contributed by atoms with van der Waals surface area (Å²) < 4.78 is 31.3. The minimum absolute atomic E-state index is 0.0807. The Bertz CT molecular complexity index is 481. The summed E-state index contributed by atoms with van der Waals surface area (Å²) in [7, 11) is 1.34. The van der Waals surface area contributed by atoms with Crippen LogP contribution in [-0.4, -0.2) is 23.2 Å². The van der Waals surface area contributed by atoms with E-state index in [9.17, 15) is 19.0 Å². The highest BCUT2D eigenvalue weighted by Crippen LogP contribution is 2.46. The minimum Gasteiger partial charge on any atom is -0.504 e. The van der Waals surface area contributed by atoms with E-state index in [4.69, 9.17) is 10.5 Å². The number of benzene rings is 1. The molecule has 0 aromatic heterocycles. The van der Waals surface area contributed by atoms with Crippen LogP contribution in [0.2, 0.25) is 0 Å². The van der Waals surface area contributed by atoms with E-state index in [-0.39, 0.29) is 42.9 Å². The van der Waals surface area contributed by atoms with E-state index < -0.39 is 11.5 Å². The predicted octanol–water partition coefficient (Wildman–Crippen LogP) is 2.47. The maximum absolute atomic E-state index is 13.2. The van der Waals surface area contributed by atoms with Crippen LogP contribution in [0.1, 0.15) is 31.2 Å². The number of phenols is 2. The Morgan fingerprint density at radius 2 is 1.74 bits per heavy atom. The summed E-state index contributed by atoms with van der Waals surface area (Å²) >= 11 is 0. The lowest BCUT2D eigenvalue weighted by Crippen LogP contribution is -2.43. The number of aromatic hydroxyl groups is 2. The lowest BCUT2D eigenvalue weighted by Gasteiger charge is -2.37. The van der Waals surface area contributed by atoms with Crippen molar-refractivity contribution in [1.29, 1.82) is 0 Å². The molecule has 19 heavy (non-hydrogen) atoms. The van der Waals surface area contributed by atoms with Crippen LogP contribution in [0, 0.1) is 0 Å². The summed E-state index contributed by atoms with van der Waals surface area (Å²) in [5.41, 5.74) is 5.73. The second kappa shape index (κ2) is 4.52. The third kappa shape index (κ3) is 2.58. The zero-order valence-corrected chi connectivity index (χ0v) is 10.6. The number of alkyl halides is 2. The Balaban J connectivity index is 2.34. The molecule has 1 aliphatic carbocycles. The molecule has 4 N–H and O–H groups in total. The summed E-state index contributed by atoms with van der Waals surface area (Å²) in [4.78, 5) is 0. The summed E-state index contributed by atoms with van der Waals surface area (Å²) in [6, 6.07) is 2.79. The van der Waals surface area contributed by atoms with Gasteiger partial charge in [-0.15, -0.1) is 0 Å². The van der Waals surface area contributed by atoms with Crippen molar-refractivity contribution in [2.24, 2.45) is 5.73 Å². The van der Waals surface area contributed by atoms with Crippen LogP contribution in [0.4, 0.5) is 8.78 Å². The zero-order chi connectivity index (χ0) is 14.3. The first-order chi connectivity index (χ1) is 8.77. The maximum Gasteiger partial charge on any atom is 0.248 e. The van der Waals surface area contributed by atoms with Crippen LogP contribution < -0.4 is 10.5 Å². The van der Waals surface area contributed by atoms with Crippen LogP contribution in [0.25, 0.3) is 0 Å². The third-order valence-corrected chi connectivity index (χ3v) is 3.72. The normalized spacial score (nSPS) is 21.1. The van der Waals surface area contributed by atoms with E-state index in [2.05, 4.69) is 0 Å². The summed E-state index contributed by atoms with van der Waals surface area (Å²) in [6.45, 7) is 0. The molecule has 1 aromatic rings. The molecule has 0 spiro atoms. The number of phenolic OH excluding ortho intramolecular Hbond substituents is 2. The molecule has 0 heterocycles. The molecule has 0 bridgehead atoms. The topological polar surface area (TPSA) is 75.7 Å². The van der Waals surface area contributed by atoms with Crippen molar-refractivity contribution in [1.82, 2.24) is 0 Å². The van der Waals surface area contributed by atoms with Crippen LogP contribution in [0.3, 0.4) is 0 Å². The molecule has 106 valence electrons. The SMILES string of the molecule is COc1cc(C2(N)CCC(F)(F)CC2)cc(O)c1O. The van der Waals surface area contributed by atoms with E-state index in [1.807, 2.05) is 0 Å². The van der Waals surface area contributed by atoms with Crippen LogP contribution in [0.15, 0.2) is 12.1 Å². The van der Waals surface area contributed by atoms with Gasteiger partial charge in [0.05, 0.1) is 7.11 Å². The molecule has 0 amide bonds. The molecule has 0 saturated heterocycles. The van der Waals surface area contributed by atoms with E-state index in [0.29, 0.717) is 5.56 Å². The van der Waals surface area contributed by atoms with Crippen molar-refractivity contribution in [2.45, 2.75) is 37.1 Å². The van der Waals surface area contributed by atoms with Gasteiger partial charge in [-0.3, -0.25) is 0 Å². The molecule has 1 saturated carbocycles. The van der Waals surface area contributed by atoms with E-state index >= 15 is 0 Å². The van der Waals surface area contributed by atoms with Gasteiger partial charge in [-0.25, -0.2) is 8.78 Å². The van der Waals surface area contributed by atoms with Gasteiger partial charge in [0.25, 0.3) is 0 Å². The van der Waals surface area contributed by atoms with Crippen molar-refractivity contribution in [3.63, 3.8) is 0 Å². The van der Waals surface area contributed by atoms with Crippen molar-refractivity contribution in [2.75, 3.05) is 7.11 Å². The fourth-order valence-corrected chi connectivity index (χ4v) is 2.39. The largest absolute Gasteiger partial charge is 0.504 e. The van der Waals surface area contributed by atoms with Crippen LogP contribution in [-0.2, 0) is 5.54 Å². The average Bonchev–Trinajstić information content (AvgIpc) is 2.36. The smallest absolute Gasteiger partial charge is 0.248 e. The molecular formula is C13H17F2NO3. The van der Waals surface area contributed by atoms with Gasteiger partial charge in [0.2, 0.25) is 11.7 Å². The number of halogens is 2. The summed E-state index contributed by atoms with van der Waals surface area (Å²) in [5, 5.41) is 19.2. The van der Waals surface area contributed by atoms with Gasteiger partial charge in [-0.2, -0.15) is 0 Å². The van der Waals surface area contributed by atoms with E-state index in [1.54, 1.807) is 0 Å². The van der Waals surface area contributed by atoms with Gasteiger partial charge in [0.1, 0.15) is 0 Å². The monoisotopic (exact) mass is 273 g/mol. The maximum atomic E-state index is 13.2. The second-order valence-electron chi connectivity index (χ2n) is 5.06. The molecule has 1 aliphatic rings. The highest BCUT2D eigenvalue weighted by Gasteiger charge is 2.42. The van der Waals surface area contributed by atoms with Gasteiger partial charge in [0, 0.05) is 18.4 Å². The van der Waals surface area contributed by atoms with Crippen molar-refractivity contribution < 1.29 is 23.7 Å². The number of hydrogen-bond acceptors (Lipinski definition) is 4. The number of hydrogen-bond donors (Lipinski definition) is 3. The molecule has 0 aliphatic heterocycles. The number of nitrogens with two attached hydrogens (primary N) is 1. The first-order valence-electron chi connectivity index (χ1n) is 6.05. The molecule has 4 nitrogen and oxygen atoms in total. The van der Waals surface area contributed by atoms with Crippen LogP contribution in [0.5, 0.6) is 17.2 Å². The lowest BCUT2D eigenvalue weighted by molar-refractivity contribution is -0.0514. The predicted molar refractivity (Wildman–Crippen MR) is 65.6 cm³/mol. The van der Waals surface area contributed by atoms with Gasteiger partial charge >= 0.3 is 0 Å². The number of methoxy groups -OCH3 is 1. The molecule has 0 unspecified atom stereocenters. The fourth-order valence-electron chi connectivity index (χ4n) is 2.39. The molecule has 6 heteroatoms. The standard InChI is InChI=1S/C13H17F2NO3/c1-19-10-7-8(6-9(17)11(10)18)12(16)2-4-13(14,15)5-3-12/h6-7,17-18H,2-5,16H2,1H3. The number of rotatable bonds is 2. The van der Waals surface area contributed by atoms with Crippen molar-refractivity contribution in [3.8, 4) is 17.2 Å². The Hall–Kier alpha value is -1.56. The Kier molecular flexibility index (Phi) is 3.30. The lowest BCUT2D eigenvalue weighted by atomic mass is 9.76. The molecule has 0 radical (unpaired) electrons. The van der Waals surface area contributed by atoms with Crippen LogP contribution >= 0.6 is 0 Å². The average molecular weight is 273 g/mol. The van der Waals surface area contributed by atoms with Crippen molar-refractivity contribution >= 4 is 0 Å². The van der Waals surface area contributed by atoms with Gasteiger partial charge in [-0.1, -0.05) is 0 Å². The molecule has 2 rings (SSSR count). The summed E-state index contributed by atoms with van der Waals surface area (Å²) in [6.07, 6.45) is -0.332. The Morgan fingerprint density at radius 1 is 1.16 bits per heavy atom. The quantitative estimate of drug-likeness (QED) is 0.723. The van der Waals surface area contributed by atoms with Crippen molar-refractivity contribution in [3.05, 3.63) is 17.7 Å². The van der Waals surface area contributed by atoms with E-state index in [0.717, 1.165) is 0 Å².